The van der Waals surface area contributed by atoms with Crippen LogP contribution in [0.25, 0.3) is 0 Å². The predicted molar refractivity (Wildman–Crippen MR) is 69.0 cm³/mol. The molecule has 1 aromatic heterocycles. The normalized spacial score (nSPS) is 12.3. The Kier molecular flexibility index (Phi) is 5.71. The third-order valence-electron chi connectivity index (χ3n) is 2.61. The second kappa shape index (κ2) is 6.82. The lowest BCUT2D eigenvalue weighted by Crippen LogP contribution is -2.30. The molecule has 0 amide bonds. The first kappa shape index (κ1) is 15.1. The lowest BCUT2D eigenvalue weighted by atomic mass is 10.1. The average Bonchev–Trinajstić information content (AvgIpc) is 2.76. The van der Waals surface area contributed by atoms with E-state index in [4.69, 9.17) is 15.0 Å². The van der Waals surface area contributed by atoms with Crippen molar-refractivity contribution in [2.45, 2.75) is 39.8 Å². The summed E-state index contributed by atoms with van der Waals surface area (Å²) in [4.78, 5) is 6.50. The zero-order chi connectivity index (χ0) is 13.6. The summed E-state index contributed by atoms with van der Waals surface area (Å²) in [6.45, 7) is 11.7. The molecule has 0 aliphatic rings. The number of nitrogens with two attached hydrogens (primary N) is 1. The number of likely N-dealkylation sites (N-methyl/N-ethyl adjacent to an activating group) is 1. The van der Waals surface area contributed by atoms with Crippen LogP contribution in [0.5, 0.6) is 0 Å². The topological polar surface area (TPSA) is 77.4 Å². The lowest BCUT2D eigenvalue weighted by Gasteiger charge is -2.17. The minimum absolute atomic E-state index is 0.540. The van der Waals surface area contributed by atoms with E-state index in [0.717, 1.165) is 19.7 Å². The lowest BCUT2D eigenvalue weighted by molar-refractivity contribution is 0.108. The molecule has 0 radical (unpaired) electrons. The first-order valence-electron chi connectivity index (χ1n) is 6.39. The number of hydrogen-bond acceptors (Lipinski definition) is 6. The maximum absolute atomic E-state index is 5.91. The van der Waals surface area contributed by atoms with Crippen LogP contribution in [0.1, 0.15) is 39.4 Å². The molecule has 6 nitrogen and oxygen atoms in total. The van der Waals surface area contributed by atoms with Crippen molar-refractivity contribution < 1.29 is 9.26 Å². The van der Waals surface area contributed by atoms with Crippen LogP contribution in [0.3, 0.4) is 0 Å². The molecule has 6 heteroatoms. The van der Waals surface area contributed by atoms with Crippen LogP contribution in [0.15, 0.2) is 4.52 Å². The van der Waals surface area contributed by atoms with Crippen molar-refractivity contribution in [1.29, 1.82) is 0 Å². The Labute approximate surface area is 108 Å². The van der Waals surface area contributed by atoms with Gasteiger partial charge in [0.25, 0.3) is 0 Å². The molecule has 0 unspecified atom stereocenters. The van der Waals surface area contributed by atoms with Crippen LogP contribution in [-0.2, 0) is 16.8 Å². The summed E-state index contributed by atoms with van der Waals surface area (Å²) in [5.41, 5.74) is 5.35. The Balaban J connectivity index is 2.51. The molecule has 18 heavy (non-hydrogen) atoms. The summed E-state index contributed by atoms with van der Waals surface area (Å²) in [6.07, 6.45) is 0. The predicted octanol–water partition coefficient (Wildman–Crippen LogP) is 1.12. The van der Waals surface area contributed by atoms with E-state index < -0.39 is 5.54 Å². The monoisotopic (exact) mass is 256 g/mol. The fourth-order valence-corrected chi connectivity index (χ4v) is 1.46. The minimum Gasteiger partial charge on any atom is -0.380 e. The first-order valence-corrected chi connectivity index (χ1v) is 6.39. The highest BCUT2D eigenvalue weighted by Crippen LogP contribution is 2.13. The van der Waals surface area contributed by atoms with Crippen LogP contribution >= 0.6 is 0 Å². The van der Waals surface area contributed by atoms with Gasteiger partial charge in [-0.05, 0) is 27.3 Å². The summed E-state index contributed by atoms with van der Waals surface area (Å²) in [5.74, 6) is 1.14. The van der Waals surface area contributed by atoms with Crippen LogP contribution in [0, 0.1) is 0 Å². The number of ether oxygens (including phenoxy) is 1. The van der Waals surface area contributed by atoms with Gasteiger partial charge in [-0.25, -0.2) is 0 Å². The van der Waals surface area contributed by atoms with Crippen LogP contribution in [0.2, 0.25) is 0 Å². The zero-order valence-electron chi connectivity index (χ0n) is 11.8. The Hall–Kier alpha value is -0.980. The highest BCUT2D eigenvalue weighted by Gasteiger charge is 2.22. The third-order valence-corrected chi connectivity index (χ3v) is 2.61. The Morgan fingerprint density at radius 3 is 2.61 bits per heavy atom. The quantitative estimate of drug-likeness (QED) is 0.702. The highest BCUT2D eigenvalue weighted by atomic mass is 16.5. The third kappa shape index (κ3) is 4.72. The van der Waals surface area contributed by atoms with E-state index in [-0.39, 0.29) is 0 Å². The zero-order valence-corrected chi connectivity index (χ0v) is 11.8. The molecule has 1 aromatic rings. The van der Waals surface area contributed by atoms with Gasteiger partial charge in [0.15, 0.2) is 5.82 Å². The van der Waals surface area contributed by atoms with Crippen LogP contribution < -0.4 is 5.73 Å². The maximum atomic E-state index is 5.91. The van der Waals surface area contributed by atoms with Gasteiger partial charge in [0.1, 0.15) is 0 Å². The van der Waals surface area contributed by atoms with Crippen LogP contribution in [-0.4, -0.2) is 41.3 Å². The van der Waals surface area contributed by atoms with E-state index in [1.807, 2.05) is 20.8 Å². The van der Waals surface area contributed by atoms with Crippen LogP contribution in [0.4, 0.5) is 0 Å². The van der Waals surface area contributed by atoms with Crippen molar-refractivity contribution in [3.8, 4) is 0 Å². The fourth-order valence-electron chi connectivity index (χ4n) is 1.46. The van der Waals surface area contributed by atoms with Gasteiger partial charge in [-0.3, -0.25) is 4.90 Å². The summed E-state index contributed by atoms with van der Waals surface area (Å²) in [5, 5.41) is 3.90. The molecule has 0 bridgehead atoms. The van der Waals surface area contributed by atoms with Gasteiger partial charge in [0.2, 0.25) is 5.89 Å². The van der Waals surface area contributed by atoms with Crippen molar-refractivity contribution >= 4 is 0 Å². The largest absolute Gasteiger partial charge is 0.380 e. The maximum Gasteiger partial charge on any atom is 0.240 e. The van der Waals surface area contributed by atoms with E-state index in [2.05, 4.69) is 22.0 Å². The first-order chi connectivity index (χ1) is 8.47. The van der Waals surface area contributed by atoms with Gasteiger partial charge in [-0.1, -0.05) is 12.1 Å². The summed E-state index contributed by atoms with van der Waals surface area (Å²) < 4.78 is 10.5. The SMILES string of the molecule is CCOCCN(CC)Cc1nc(C(C)(C)N)no1. The molecule has 0 spiro atoms. The second-order valence-electron chi connectivity index (χ2n) is 4.80. The minimum atomic E-state index is -0.565. The van der Waals surface area contributed by atoms with Crippen molar-refractivity contribution in [3.05, 3.63) is 11.7 Å². The Bertz CT molecular complexity index is 346. The molecule has 0 aromatic carbocycles. The molecule has 0 fully saturated rings. The van der Waals surface area contributed by atoms with Crippen molar-refractivity contribution in [3.63, 3.8) is 0 Å². The molecule has 104 valence electrons. The molecule has 0 aliphatic carbocycles. The average molecular weight is 256 g/mol. The summed E-state index contributed by atoms with van der Waals surface area (Å²) >= 11 is 0. The smallest absolute Gasteiger partial charge is 0.240 e. The van der Waals surface area contributed by atoms with E-state index in [1.54, 1.807) is 0 Å². The van der Waals surface area contributed by atoms with Gasteiger partial charge < -0.3 is 15.0 Å². The molecule has 1 heterocycles. The van der Waals surface area contributed by atoms with E-state index >= 15 is 0 Å². The van der Waals surface area contributed by atoms with Gasteiger partial charge in [-0.2, -0.15) is 4.98 Å². The van der Waals surface area contributed by atoms with E-state index in [9.17, 15) is 0 Å². The van der Waals surface area contributed by atoms with Crippen molar-refractivity contribution in [1.82, 2.24) is 15.0 Å². The fraction of sp³-hybridized carbons (Fsp3) is 0.833. The molecule has 1 rings (SSSR count). The van der Waals surface area contributed by atoms with Crippen molar-refractivity contribution in [2.24, 2.45) is 5.73 Å². The van der Waals surface area contributed by atoms with Gasteiger partial charge in [0.05, 0.1) is 18.7 Å². The van der Waals surface area contributed by atoms with Crippen molar-refractivity contribution in [2.75, 3.05) is 26.3 Å². The van der Waals surface area contributed by atoms with E-state index in [1.165, 1.54) is 0 Å². The number of nitrogens with zero attached hydrogens (tertiary/aromatic N) is 3. The summed E-state index contributed by atoms with van der Waals surface area (Å²) in [7, 11) is 0. The standard InChI is InChI=1S/C12H24N4O2/c1-5-16(7-8-17-6-2)9-10-14-11(15-18-10)12(3,4)13/h5-9,13H2,1-4H3. The molecule has 0 aliphatic heterocycles. The number of rotatable bonds is 8. The molecule has 2 N–H and O–H groups in total. The Morgan fingerprint density at radius 1 is 1.39 bits per heavy atom. The molecule has 0 saturated carbocycles. The van der Waals surface area contributed by atoms with Gasteiger partial charge in [0, 0.05) is 13.2 Å². The number of aromatic nitrogens is 2. The molecule has 0 saturated heterocycles. The highest BCUT2D eigenvalue weighted by molar-refractivity contribution is 4.98. The molecular formula is C12H24N4O2. The summed E-state index contributed by atoms with van der Waals surface area (Å²) in [6, 6.07) is 0. The van der Waals surface area contributed by atoms with Gasteiger partial charge in [-0.15, -0.1) is 0 Å². The van der Waals surface area contributed by atoms with E-state index in [0.29, 0.717) is 24.9 Å². The second-order valence-corrected chi connectivity index (χ2v) is 4.80. The molecule has 0 atom stereocenters. The number of hydrogen-bond donors (Lipinski definition) is 1. The van der Waals surface area contributed by atoms with Gasteiger partial charge >= 0.3 is 0 Å². The molecular weight excluding hydrogens is 232 g/mol. The Morgan fingerprint density at radius 2 is 2.11 bits per heavy atom.